The molecule has 0 bridgehead atoms. The minimum absolute atomic E-state index is 0.000960. The lowest BCUT2D eigenvalue weighted by Gasteiger charge is -2.12. The van der Waals surface area contributed by atoms with Crippen LogP contribution in [0, 0.1) is 0 Å². The van der Waals surface area contributed by atoms with Crippen molar-refractivity contribution in [3.05, 3.63) is 61.5 Å². The van der Waals surface area contributed by atoms with Crippen molar-refractivity contribution in [2.75, 3.05) is 6.61 Å². The average molecular weight is 408 g/mol. The second-order valence-corrected chi connectivity index (χ2v) is 6.16. The van der Waals surface area contributed by atoms with Crippen molar-refractivity contribution >= 4 is 58.3 Å². The molecular formula is C16H10Cl4O4. The third-order valence-corrected chi connectivity index (χ3v) is 4.09. The molecule has 0 aromatic heterocycles. The van der Waals surface area contributed by atoms with Gasteiger partial charge in [-0.05, 0) is 37.3 Å². The average Bonchev–Trinajstić information content (AvgIpc) is 2.52. The molecule has 0 heterocycles. The van der Waals surface area contributed by atoms with E-state index < -0.39 is 11.9 Å². The van der Waals surface area contributed by atoms with Gasteiger partial charge in [0.25, 0.3) is 0 Å². The van der Waals surface area contributed by atoms with Crippen LogP contribution in [0.5, 0.6) is 5.75 Å². The van der Waals surface area contributed by atoms with Crippen LogP contribution in [0.2, 0.25) is 20.1 Å². The molecule has 0 saturated heterocycles. The van der Waals surface area contributed by atoms with Crippen LogP contribution in [-0.4, -0.2) is 18.5 Å². The van der Waals surface area contributed by atoms with E-state index in [4.69, 9.17) is 55.9 Å². The lowest BCUT2D eigenvalue weighted by atomic mass is 10.2. The third-order valence-electron chi connectivity index (χ3n) is 2.85. The third kappa shape index (κ3) is 4.33. The van der Waals surface area contributed by atoms with Gasteiger partial charge in [0, 0.05) is 5.02 Å². The number of hydrogen-bond donors (Lipinski definition) is 0. The number of rotatable bonds is 4. The lowest BCUT2D eigenvalue weighted by Crippen LogP contribution is -2.13. The standard InChI is InChI=1S/C16H10Cl4O4/c1-2-23-16(22)10-6-9(17)7-13(20)14(10)24-15(21)8-3-4-11(18)12(19)5-8/h3-7H,2H2,1H3. The van der Waals surface area contributed by atoms with Crippen molar-refractivity contribution in [2.24, 2.45) is 0 Å². The van der Waals surface area contributed by atoms with Gasteiger partial charge in [-0.15, -0.1) is 0 Å². The molecular weight excluding hydrogens is 398 g/mol. The van der Waals surface area contributed by atoms with Crippen LogP contribution < -0.4 is 4.74 Å². The Hall–Kier alpha value is -1.46. The molecule has 2 rings (SSSR count). The normalized spacial score (nSPS) is 10.4. The molecule has 0 aliphatic carbocycles. The predicted molar refractivity (Wildman–Crippen MR) is 93.8 cm³/mol. The van der Waals surface area contributed by atoms with Gasteiger partial charge in [0.15, 0.2) is 5.75 Å². The molecule has 0 radical (unpaired) electrons. The van der Waals surface area contributed by atoms with Gasteiger partial charge in [0.05, 0.1) is 27.2 Å². The molecule has 2 aromatic rings. The smallest absolute Gasteiger partial charge is 0.343 e. The molecule has 0 saturated carbocycles. The number of ether oxygens (including phenoxy) is 2. The van der Waals surface area contributed by atoms with E-state index in [1.807, 2.05) is 0 Å². The van der Waals surface area contributed by atoms with Gasteiger partial charge in [-0.1, -0.05) is 46.4 Å². The van der Waals surface area contributed by atoms with E-state index in [0.717, 1.165) is 0 Å². The summed E-state index contributed by atoms with van der Waals surface area (Å²) < 4.78 is 10.2. The fourth-order valence-corrected chi connectivity index (χ4v) is 2.63. The maximum Gasteiger partial charge on any atom is 0.343 e. The zero-order chi connectivity index (χ0) is 17.9. The monoisotopic (exact) mass is 406 g/mol. The molecule has 0 unspecified atom stereocenters. The first-order valence-corrected chi connectivity index (χ1v) is 8.18. The second-order valence-electron chi connectivity index (χ2n) is 4.50. The Labute approximate surface area is 158 Å². The molecule has 0 N–H and O–H groups in total. The first-order chi connectivity index (χ1) is 11.3. The quantitative estimate of drug-likeness (QED) is 0.482. The summed E-state index contributed by atoms with van der Waals surface area (Å²) in [4.78, 5) is 24.3. The van der Waals surface area contributed by atoms with Crippen LogP contribution in [0.15, 0.2) is 30.3 Å². The summed E-state index contributed by atoms with van der Waals surface area (Å²) in [5.41, 5.74) is 0.0907. The maximum atomic E-state index is 12.3. The topological polar surface area (TPSA) is 52.6 Å². The van der Waals surface area contributed by atoms with Gasteiger partial charge in [0.2, 0.25) is 0 Å². The Morgan fingerprint density at radius 3 is 2.25 bits per heavy atom. The first kappa shape index (κ1) is 18.9. The van der Waals surface area contributed by atoms with Crippen LogP contribution in [0.25, 0.3) is 0 Å². The van der Waals surface area contributed by atoms with E-state index in [2.05, 4.69) is 0 Å². The zero-order valence-electron chi connectivity index (χ0n) is 12.2. The predicted octanol–water partition coefficient (Wildman–Crippen LogP) is 5.70. The number of halogens is 4. The number of carbonyl (C=O) groups is 2. The van der Waals surface area contributed by atoms with Crippen LogP contribution >= 0.6 is 46.4 Å². The number of esters is 2. The molecule has 4 nitrogen and oxygen atoms in total. The molecule has 24 heavy (non-hydrogen) atoms. The molecule has 126 valence electrons. The molecule has 0 fully saturated rings. The van der Waals surface area contributed by atoms with Crippen LogP contribution in [0.4, 0.5) is 0 Å². The van der Waals surface area contributed by atoms with Crippen molar-refractivity contribution in [1.29, 1.82) is 0 Å². The summed E-state index contributed by atoms with van der Waals surface area (Å²) in [5, 5.41) is 0.695. The minimum Gasteiger partial charge on any atom is -0.462 e. The van der Waals surface area contributed by atoms with Crippen molar-refractivity contribution in [3.8, 4) is 5.75 Å². The van der Waals surface area contributed by atoms with Gasteiger partial charge in [0.1, 0.15) is 5.56 Å². The molecule has 0 aliphatic heterocycles. The van der Waals surface area contributed by atoms with Crippen LogP contribution in [-0.2, 0) is 4.74 Å². The number of benzene rings is 2. The summed E-state index contributed by atoms with van der Waals surface area (Å²) in [5.74, 6) is -1.61. The van der Waals surface area contributed by atoms with E-state index in [1.54, 1.807) is 6.92 Å². The van der Waals surface area contributed by atoms with E-state index in [-0.39, 0.29) is 38.6 Å². The van der Waals surface area contributed by atoms with Crippen LogP contribution in [0.3, 0.4) is 0 Å². The summed E-state index contributed by atoms with van der Waals surface area (Å²) in [6, 6.07) is 6.90. The maximum absolute atomic E-state index is 12.3. The largest absolute Gasteiger partial charge is 0.462 e. The van der Waals surface area contributed by atoms with Crippen molar-refractivity contribution < 1.29 is 19.1 Å². The minimum atomic E-state index is -0.761. The number of hydrogen-bond acceptors (Lipinski definition) is 4. The zero-order valence-corrected chi connectivity index (χ0v) is 15.3. The highest BCUT2D eigenvalue weighted by molar-refractivity contribution is 6.42. The Bertz CT molecular complexity index is 805. The Morgan fingerprint density at radius 2 is 1.62 bits per heavy atom. The van der Waals surface area contributed by atoms with Gasteiger partial charge in [-0.2, -0.15) is 0 Å². The fraction of sp³-hybridized carbons (Fsp3) is 0.125. The summed E-state index contributed by atoms with van der Waals surface area (Å²) >= 11 is 23.6. The van der Waals surface area contributed by atoms with Gasteiger partial charge >= 0.3 is 11.9 Å². The van der Waals surface area contributed by atoms with E-state index >= 15 is 0 Å². The Morgan fingerprint density at radius 1 is 0.917 bits per heavy atom. The molecule has 0 aliphatic rings. The summed E-state index contributed by atoms with van der Waals surface area (Å²) in [6.07, 6.45) is 0. The van der Waals surface area contributed by atoms with E-state index in [0.29, 0.717) is 5.02 Å². The lowest BCUT2D eigenvalue weighted by molar-refractivity contribution is 0.0520. The SMILES string of the molecule is CCOC(=O)c1cc(Cl)cc(Cl)c1OC(=O)c1ccc(Cl)c(Cl)c1. The van der Waals surface area contributed by atoms with Gasteiger partial charge in [-0.25, -0.2) is 9.59 Å². The molecule has 2 aromatic carbocycles. The number of carbonyl (C=O) groups excluding carboxylic acids is 2. The Balaban J connectivity index is 2.39. The van der Waals surface area contributed by atoms with Crippen molar-refractivity contribution in [2.45, 2.75) is 6.92 Å². The van der Waals surface area contributed by atoms with Crippen LogP contribution in [0.1, 0.15) is 27.6 Å². The molecule has 0 spiro atoms. The van der Waals surface area contributed by atoms with E-state index in [9.17, 15) is 9.59 Å². The summed E-state index contributed by atoms with van der Waals surface area (Å²) in [6.45, 7) is 1.79. The molecule has 8 heteroatoms. The van der Waals surface area contributed by atoms with Gasteiger partial charge in [-0.3, -0.25) is 0 Å². The van der Waals surface area contributed by atoms with Crippen molar-refractivity contribution in [1.82, 2.24) is 0 Å². The Kier molecular flexibility index (Phi) is 6.35. The second kappa shape index (κ2) is 8.08. The molecule has 0 atom stereocenters. The highest BCUT2D eigenvalue weighted by atomic mass is 35.5. The van der Waals surface area contributed by atoms with Crippen molar-refractivity contribution in [3.63, 3.8) is 0 Å². The fourth-order valence-electron chi connectivity index (χ4n) is 1.80. The summed E-state index contributed by atoms with van der Waals surface area (Å²) in [7, 11) is 0. The highest BCUT2D eigenvalue weighted by Gasteiger charge is 2.22. The van der Waals surface area contributed by atoms with E-state index in [1.165, 1.54) is 30.3 Å². The molecule has 0 amide bonds. The highest BCUT2D eigenvalue weighted by Crippen LogP contribution is 2.34. The van der Waals surface area contributed by atoms with Gasteiger partial charge < -0.3 is 9.47 Å². The first-order valence-electron chi connectivity index (χ1n) is 6.67.